The van der Waals surface area contributed by atoms with E-state index in [1.165, 1.54) is 0 Å². The summed E-state index contributed by atoms with van der Waals surface area (Å²) in [6, 6.07) is 3.48. The topological polar surface area (TPSA) is 75.4 Å². The van der Waals surface area contributed by atoms with E-state index in [4.69, 9.17) is 4.52 Å². The van der Waals surface area contributed by atoms with Gasteiger partial charge in [0, 0.05) is 25.4 Å². The van der Waals surface area contributed by atoms with Crippen LogP contribution in [0.3, 0.4) is 0 Å². The van der Waals surface area contributed by atoms with E-state index in [1.807, 2.05) is 20.2 Å². The van der Waals surface area contributed by atoms with Crippen molar-refractivity contribution in [1.82, 2.24) is 24.9 Å². The molecule has 0 N–H and O–H groups in total. The summed E-state index contributed by atoms with van der Waals surface area (Å²) >= 11 is 0. The van der Waals surface area contributed by atoms with Gasteiger partial charge in [0.1, 0.15) is 5.76 Å². The second kappa shape index (κ2) is 6.45. The molecule has 0 unspecified atom stereocenters. The number of amides is 1. The number of aryl methyl sites for hydroxylation is 1. The molecule has 0 aliphatic carbocycles. The van der Waals surface area contributed by atoms with Crippen molar-refractivity contribution in [1.29, 1.82) is 0 Å². The average Bonchev–Trinajstić information content (AvgIpc) is 3.15. The Kier molecular flexibility index (Phi) is 4.38. The minimum atomic E-state index is -0.119. The Hall–Kier alpha value is -2.28. The van der Waals surface area contributed by atoms with E-state index < -0.39 is 0 Å². The third kappa shape index (κ3) is 3.39. The Morgan fingerprint density at radius 1 is 1.48 bits per heavy atom. The Morgan fingerprint density at radius 3 is 3.00 bits per heavy atom. The van der Waals surface area contributed by atoms with Crippen molar-refractivity contribution in [3.63, 3.8) is 0 Å². The van der Waals surface area contributed by atoms with Crippen LogP contribution < -0.4 is 0 Å². The van der Waals surface area contributed by atoms with Crippen molar-refractivity contribution in [2.75, 3.05) is 20.6 Å². The maximum absolute atomic E-state index is 12.6. The van der Waals surface area contributed by atoms with Gasteiger partial charge in [0.15, 0.2) is 11.5 Å². The van der Waals surface area contributed by atoms with Crippen LogP contribution in [-0.4, -0.2) is 51.5 Å². The van der Waals surface area contributed by atoms with Gasteiger partial charge in [0.25, 0.3) is 5.91 Å². The monoisotopic (exact) mass is 315 g/mol. The van der Waals surface area contributed by atoms with Crippen LogP contribution in [0.4, 0.5) is 0 Å². The van der Waals surface area contributed by atoms with E-state index in [2.05, 4.69) is 20.0 Å². The molecule has 0 radical (unpaired) electrons. The van der Waals surface area contributed by atoms with Gasteiger partial charge in [-0.2, -0.15) is 0 Å². The molecule has 1 aliphatic rings. The van der Waals surface area contributed by atoms with Crippen LogP contribution in [0, 0.1) is 6.92 Å². The molecular weight excluding hydrogens is 294 g/mol. The number of hydrogen-bond donors (Lipinski definition) is 0. The molecule has 7 heteroatoms. The van der Waals surface area contributed by atoms with Crippen molar-refractivity contribution in [2.24, 2.45) is 0 Å². The van der Waals surface area contributed by atoms with Crippen LogP contribution >= 0.6 is 0 Å². The normalized spacial score (nSPS) is 17.9. The van der Waals surface area contributed by atoms with Crippen molar-refractivity contribution < 1.29 is 9.32 Å². The zero-order valence-electron chi connectivity index (χ0n) is 13.7. The summed E-state index contributed by atoms with van der Waals surface area (Å²) in [6.07, 6.45) is 3.57. The van der Waals surface area contributed by atoms with E-state index in [1.54, 1.807) is 24.1 Å². The highest BCUT2D eigenvalue weighted by Gasteiger charge is 2.33. The lowest BCUT2D eigenvalue weighted by Gasteiger charge is -2.23. The van der Waals surface area contributed by atoms with Gasteiger partial charge in [-0.15, -0.1) is 0 Å². The van der Waals surface area contributed by atoms with Crippen LogP contribution in [0.25, 0.3) is 0 Å². The number of carbonyl (C=O) groups is 1. The molecule has 0 bridgehead atoms. The van der Waals surface area contributed by atoms with Gasteiger partial charge in [-0.05, 0) is 39.9 Å². The highest BCUT2D eigenvalue weighted by Crippen LogP contribution is 2.31. The molecule has 7 nitrogen and oxygen atoms in total. The molecule has 1 fully saturated rings. The SMILES string of the molecule is Cc1cc(C(=O)N2CCC[C@@H]2c2nccc(CN(C)C)n2)no1. The Bertz CT molecular complexity index is 697. The first kappa shape index (κ1) is 15.6. The van der Waals surface area contributed by atoms with Crippen molar-refractivity contribution in [2.45, 2.75) is 32.4 Å². The number of aromatic nitrogens is 3. The number of hydrogen-bond acceptors (Lipinski definition) is 6. The minimum Gasteiger partial charge on any atom is -0.361 e. The summed E-state index contributed by atoms with van der Waals surface area (Å²) in [5, 5.41) is 3.83. The highest BCUT2D eigenvalue weighted by molar-refractivity contribution is 5.92. The van der Waals surface area contributed by atoms with Crippen LogP contribution in [0.5, 0.6) is 0 Å². The third-order valence-corrected chi connectivity index (χ3v) is 3.87. The zero-order chi connectivity index (χ0) is 16.4. The molecule has 2 aromatic rings. The summed E-state index contributed by atoms with van der Waals surface area (Å²) in [5.74, 6) is 1.22. The summed E-state index contributed by atoms with van der Waals surface area (Å²) in [6.45, 7) is 3.22. The van der Waals surface area contributed by atoms with E-state index >= 15 is 0 Å². The van der Waals surface area contributed by atoms with Crippen molar-refractivity contribution >= 4 is 5.91 Å². The van der Waals surface area contributed by atoms with Gasteiger partial charge < -0.3 is 14.3 Å². The summed E-state index contributed by atoms with van der Waals surface area (Å²) in [4.78, 5) is 25.5. The van der Waals surface area contributed by atoms with Crippen molar-refractivity contribution in [3.05, 3.63) is 41.3 Å². The van der Waals surface area contributed by atoms with E-state index in [-0.39, 0.29) is 11.9 Å². The maximum atomic E-state index is 12.6. The van der Waals surface area contributed by atoms with Crippen LogP contribution in [-0.2, 0) is 6.54 Å². The quantitative estimate of drug-likeness (QED) is 0.856. The van der Waals surface area contributed by atoms with Gasteiger partial charge in [-0.25, -0.2) is 9.97 Å². The number of carbonyl (C=O) groups excluding carboxylic acids is 1. The van der Waals surface area contributed by atoms with E-state index in [0.717, 1.165) is 25.1 Å². The maximum Gasteiger partial charge on any atom is 0.276 e. The first-order valence-corrected chi connectivity index (χ1v) is 7.75. The molecule has 2 aromatic heterocycles. The second-order valence-corrected chi connectivity index (χ2v) is 6.12. The van der Waals surface area contributed by atoms with Gasteiger partial charge in [0.2, 0.25) is 0 Å². The molecule has 0 spiro atoms. The minimum absolute atomic E-state index is 0.0957. The zero-order valence-corrected chi connectivity index (χ0v) is 13.7. The first-order chi connectivity index (χ1) is 11.0. The molecule has 1 atom stereocenters. The predicted molar refractivity (Wildman–Crippen MR) is 83.7 cm³/mol. The van der Waals surface area contributed by atoms with Gasteiger partial charge in [-0.3, -0.25) is 4.79 Å². The summed E-state index contributed by atoms with van der Waals surface area (Å²) in [7, 11) is 4.00. The fraction of sp³-hybridized carbons (Fsp3) is 0.500. The lowest BCUT2D eigenvalue weighted by atomic mass is 10.2. The molecule has 3 heterocycles. The molecule has 1 amide bonds. The Balaban J connectivity index is 1.82. The molecule has 3 rings (SSSR count). The number of nitrogens with zero attached hydrogens (tertiary/aromatic N) is 5. The van der Waals surface area contributed by atoms with Gasteiger partial charge in [-0.1, -0.05) is 5.16 Å². The van der Waals surface area contributed by atoms with Crippen LogP contribution in [0.2, 0.25) is 0 Å². The van der Waals surface area contributed by atoms with Crippen molar-refractivity contribution in [3.8, 4) is 0 Å². The summed E-state index contributed by atoms with van der Waals surface area (Å²) < 4.78 is 5.01. The molecule has 23 heavy (non-hydrogen) atoms. The Morgan fingerprint density at radius 2 is 2.30 bits per heavy atom. The fourth-order valence-corrected chi connectivity index (χ4v) is 2.88. The predicted octanol–water partition coefficient (Wildman–Crippen LogP) is 1.81. The molecule has 122 valence electrons. The molecule has 1 saturated heterocycles. The molecular formula is C16H21N5O2. The number of likely N-dealkylation sites (tertiary alicyclic amines) is 1. The average molecular weight is 315 g/mol. The fourth-order valence-electron chi connectivity index (χ4n) is 2.88. The molecule has 0 saturated carbocycles. The van der Waals surface area contributed by atoms with Crippen LogP contribution in [0.15, 0.2) is 22.9 Å². The largest absolute Gasteiger partial charge is 0.361 e. The second-order valence-electron chi connectivity index (χ2n) is 6.12. The first-order valence-electron chi connectivity index (χ1n) is 7.75. The van der Waals surface area contributed by atoms with Crippen LogP contribution in [0.1, 0.15) is 46.7 Å². The standard InChI is InChI=1S/C16H21N5O2/c1-11-9-13(19-23-11)16(22)21-8-4-5-14(21)15-17-7-6-12(18-15)10-20(2)3/h6-7,9,14H,4-5,8,10H2,1-3H3/t14-/m1/s1. The molecule has 1 aliphatic heterocycles. The van der Waals surface area contributed by atoms with Gasteiger partial charge >= 0.3 is 0 Å². The molecule has 0 aromatic carbocycles. The highest BCUT2D eigenvalue weighted by atomic mass is 16.5. The lowest BCUT2D eigenvalue weighted by Crippen LogP contribution is -2.32. The lowest BCUT2D eigenvalue weighted by molar-refractivity contribution is 0.0719. The third-order valence-electron chi connectivity index (χ3n) is 3.87. The summed E-state index contributed by atoms with van der Waals surface area (Å²) in [5.41, 5.74) is 1.30. The van der Waals surface area contributed by atoms with E-state index in [9.17, 15) is 4.79 Å². The van der Waals surface area contributed by atoms with E-state index in [0.29, 0.717) is 23.8 Å². The Labute approximate surface area is 135 Å². The van der Waals surface area contributed by atoms with Gasteiger partial charge in [0.05, 0.1) is 11.7 Å². The smallest absolute Gasteiger partial charge is 0.276 e. The number of rotatable bonds is 4.